The van der Waals surface area contributed by atoms with Gasteiger partial charge in [-0.15, -0.1) is 0 Å². The van der Waals surface area contributed by atoms with E-state index in [1.807, 2.05) is 37.3 Å². The van der Waals surface area contributed by atoms with Crippen molar-refractivity contribution in [3.05, 3.63) is 35.9 Å². The molecule has 1 aromatic carbocycles. The number of benzene rings is 1. The highest BCUT2D eigenvalue weighted by atomic mass is 16.5. The van der Waals surface area contributed by atoms with E-state index in [1.54, 1.807) is 0 Å². The third-order valence-corrected chi connectivity index (χ3v) is 3.78. The molecular weight excluding hydrogens is 238 g/mol. The molecule has 0 aromatic heterocycles. The first-order valence-corrected chi connectivity index (χ1v) is 7.32. The lowest BCUT2D eigenvalue weighted by Gasteiger charge is -2.33. The molecule has 0 radical (unpaired) electrons. The highest BCUT2D eigenvalue weighted by molar-refractivity contribution is 5.17. The zero-order chi connectivity index (χ0) is 13.5. The Morgan fingerprint density at radius 1 is 1.37 bits per heavy atom. The molecule has 0 bridgehead atoms. The fraction of sp³-hybridized carbons (Fsp3) is 0.625. The summed E-state index contributed by atoms with van der Waals surface area (Å²) < 4.78 is 5.52. The normalized spacial score (nSPS) is 22.3. The quantitative estimate of drug-likeness (QED) is 0.856. The maximum Gasteiger partial charge on any atom is 0.0916 e. The number of aliphatic hydroxyl groups excluding tert-OH is 1. The van der Waals surface area contributed by atoms with Gasteiger partial charge in [-0.3, -0.25) is 0 Å². The van der Waals surface area contributed by atoms with Crippen LogP contribution in [0.5, 0.6) is 0 Å². The number of hydrogen-bond acceptors (Lipinski definition) is 3. The zero-order valence-corrected chi connectivity index (χ0v) is 11.8. The molecule has 1 aliphatic heterocycles. The lowest BCUT2D eigenvalue weighted by atomic mass is 9.98. The SMILES string of the molecule is CCOCC1CCCN(CC(O)c2ccccc2)C1. The van der Waals surface area contributed by atoms with Crippen molar-refractivity contribution in [2.24, 2.45) is 5.92 Å². The molecule has 2 rings (SSSR count). The number of ether oxygens (including phenoxy) is 1. The molecule has 1 N–H and O–H groups in total. The standard InChI is InChI=1S/C16H25NO2/c1-2-19-13-14-7-6-10-17(11-14)12-16(18)15-8-4-3-5-9-15/h3-5,8-9,14,16,18H,2,6-7,10-13H2,1H3. The molecule has 1 saturated heterocycles. The van der Waals surface area contributed by atoms with E-state index in [9.17, 15) is 5.11 Å². The van der Waals surface area contributed by atoms with Gasteiger partial charge in [-0.25, -0.2) is 0 Å². The van der Waals surface area contributed by atoms with E-state index in [0.717, 1.165) is 38.4 Å². The Balaban J connectivity index is 1.81. The monoisotopic (exact) mass is 263 g/mol. The predicted molar refractivity (Wildman–Crippen MR) is 77.1 cm³/mol. The van der Waals surface area contributed by atoms with Crippen molar-refractivity contribution in [1.82, 2.24) is 4.90 Å². The van der Waals surface area contributed by atoms with Gasteiger partial charge in [-0.2, -0.15) is 0 Å². The van der Waals surface area contributed by atoms with Gasteiger partial charge in [0.15, 0.2) is 0 Å². The Hall–Kier alpha value is -0.900. The topological polar surface area (TPSA) is 32.7 Å². The van der Waals surface area contributed by atoms with Crippen molar-refractivity contribution in [3.63, 3.8) is 0 Å². The van der Waals surface area contributed by atoms with Crippen molar-refractivity contribution in [2.75, 3.05) is 32.8 Å². The molecule has 106 valence electrons. The van der Waals surface area contributed by atoms with Crippen molar-refractivity contribution in [3.8, 4) is 0 Å². The maximum absolute atomic E-state index is 10.3. The third kappa shape index (κ3) is 4.60. The lowest BCUT2D eigenvalue weighted by Crippen LogP contribution is -2.39. The summed E-state index contributed by atoms with van der Waals surface area (Å²) in [5, 5.41) is 10.3. The largest absolute Gasteiger partial charge is 0.387 e. The van der Waals surface area contributed by atoms with E-state index in [2.05, 4.69) is 4.90 Å². The summed E-state index contributed by atoms with van der Waals surface area (Å²) >= 11 is 0. The molecule has 1 aliphatic rings. The fourth-order valence-corrected chi connectivity index (χ4v) is 2.76. The smallest absolute Gasteiger partial charge is 0.0916 e. The van der Waals surface area contributed by atoms with Gasteiger partial charge in [0.2, 0.25) is 0 Å². The summed E-state index contributed by atoms with van der Waals surface area (Å²) in [5.41, 5.74) is 1.01. The molecule has 0 saturated carbocycles. The molecular formula is C16H25NO2. The third-order valence-electron chi connectivity index (χ3n) is 3.78. The van der Waals surface area contributed by atoms with Crippen molar-refractivity contribution in [2.45, 2.75) is 25.9 Å². The summed E-state index contributed by atoms with van der Waals surface area (Å²) in [7, 11) is 0. The van der Waals surface area contributed by atoms with E-state index >= 15 is 0 Å². The number of hydrogen-bond donors (Lipinski definition) is 1. The maximum atomic E-state index is 10.3. The Labute approximate surface area is 116 Å². The highest BCUT2D eigenvalue weighted by Gasteiger charge is 2.22. The Morgan fingerprint density at radius 2 is 2.16 bits per heavy atom. The van der Waals surface area contributed by atoms with Gasteiger partial charge in [-0.1, -0.05) is 30.3 Å². The first-order valence-electron chi connectivity index (χ1n) is 7.32. The first kappa shape index (κ1) is 14.5. The van der Waals surface area contributed by atoms with E-state index < -0.39 is 0 Å². The van der Waals surface area contributed by atoms with Gasteiger partial charge in [0.05, 0.1) is 12.7 Å². The van der Waals surface area contributed by atoms with E-state index in [1.165, 1.54) is 12.8 Å². The van der Waals surface area contributed by atoms with Crippen LogP contribution in [0.4, 0.5) is 0 Å². The van der Waals surface area contributed by atoms with E-state index in [0.29, 0.717) is 5.92 Å². The molecule has 2 unspecified atom stereocenters. The van der Waals surface area contributed by atoms with Crippen LogP contribution in [-0.4, -0.2) is 42.9 Å². The lowest BCUT2D eigenvalue weighted by molar-refractivity contribution is 0.0442. The summed E-state index contributed by atoms with van der Waals surface area (Å²) in [6, 6.07) is 9.92. The molecule has 3 nitrogen and oxygen atoms in total. The summed E-state index contributed by atoms with van der Waals surface area (Å²) in [4.78, 5) is 2.37. The van der Waals surface area contributed by atoms with Crippen molar-refractivity contribution < 1.29 is 9.84 Å². The number of rotatable bonds is 6. The number of β-amino-alcohol motifs (C(OH)–C–C–N with tert-alkyl or cyclic N) is 1. The van der Waals surface area contributed by atoms with Crippen LogP contribution in [0.15, 0.2) is 30.3 Å². The van der Waals surface area contributed by atoms with Gasteiger partial charge in [0.25, 0.3) is 0 Å². The van der Waals surface area contributed by atoms with Crippen LogP contribution in [0.25, 0.3) is 0 Å². The Bertz CT molecular complexity index is 355. The molecule has 3 heteroatoms. The first-order chi connectivity index (χ1) is 9.29. The minimum Gasteiger partial charge on any atom is -0.387 e. The van der Waals surface area contributed by atoms with Gasteiger partial charge >= 0.3 is 0 Å². The predicted octanol–water partition coefficient (Wildman–Crippen LogP) is 2.47. The zero-order valence-electron chi connectivity index (χ0n) is 11.8. The van der Waals surface area contributed by atoms with Crippen LogP contribution in [0.3, 0.4) is 0 Å². The molecule has 19 heavy (non-hydrogen) atoms. The molecule has 1 heterocycles. The summed E-state index contributed by atoms with van der Waals surface area (Å²) in [5.74, 6) is 0.622. The number of piperidine rings is 1. The van der Waals surface area contributed by atoms with Crippen LogP contribution in [0, 0.1) is 5.92 Å². The van der Waals surface area contributed by atoms with Crippen LogP contribution in [0.1, 0.15) is 31.4 Å². The summed E-state index contributed by atoms with van der Waals surface area (Å²) in [6.45, 7) is 6.56. The number of likely N-dealkylation sites (tertiary alicyclic amines) is 1. The second-order valence-electron chi connectivity index (χ2n) is 5.35. The molecule has 0 amide bonds. The van der Waals surface area contributed by atoms with Crippen LogP contribution >= 0.6 is 0 Å². The molecule has 1 fully saturated rings. The van der Waals surface area contributed by atoms with Crippen LogP contribution in [-0.2, 0) is 4.74 Å². The van der Waals surface area contributed by atoms with Crippen molar-refractivity contribution in [1.29, 1.82) is 0 Å². The van der Waals surface area contributed by atoms with E-state index in [4.69, 9.17) is 4.74 Å². The average Bonchev–Trinajstić information content (AvgIpc) is 2.46. The highest BCUT2D eigenvalue weighted by Crippen LogP contribution is 2.20. The van der Waals surface area contributed by atoms with Gasteiger partial charge in [0.1, 0.15) is 0 Å². The van der Waals surface area contributed by atoms with E-state index in [-0.39, 0.29) is 6.10 Å². The Kier molecular flexibility index (Phi) is 5.83. The number of nitrogens with zero attached hydrogens (tertiary/aromatic N) is 1. The minimum atomic E-state index is -0.382. The van der Waals surface area contributed by atoms with Gasteiger partial charge in [-0.05, 0) is 37.8 Å². The Morgan fingerprint density at radius 3 is 2.89 bits per heavy atom. The van der Waals surface area contributed by atoms with Gasteiger partial charge in [0, 0.05) is 19.7 Å². The average molecular weight is 263 g/mol. The van der Waals surface area contributed by atoms with Gasteiger partial charge < -0.3 is 14.7 Å². The second-order valence-corrected chi connectivity index (χ2v) is 5.35. The number of aliphatic hydroxyl groups is 1. The summed E-state index contributed by atoms with van der Waals surface area (Å²) in [6.07, 6.45) is 2.07. The van der Waals surface area contributed by atoms with Crippen LogP contribution in [0.2, 0.25) is 0 Å². The molecule has 0 aliphatic carbocycles. The minimum absolute atomic E-state index is 0.382. The van der Waals surface area contributed by atoms with Crippen molar-refractivity contribution >= 4 is 0 Å². The molecule has 1 aromatic rings. The van der Waals surface area contributed by atoms with Crippen LogP contribution < -0.4 is 0 Å². The second kappa shape index (κ2) is 7.63. The molecule has 2 atom stereocenters. The molecule has 0 spiro atoms. The fourth-order valence-electron chi connectivity index (χ4n) is 2.76.